The molecule has 7 nitrogen and oxygen atoms in total. The number of carbonyl (C=O) groups is 3. The highest BCUT2D eigenvalue weighted by atomic mass is 16.5. The van der Waals surface area contributed by atoms with Crippen molar-refractivity contribution in [1.29, 1.82) is 0 Å². The maximum absolute atomic E-state index is 11.4. The predicted octanol–water partition coefficient (Wildman–Crippen LogP) is -0.926. The van der Waals surface area contributed by atoms with Crippen molar-refractivity contribution in [2.45, 2.75) is 31.7 Å². The molecule has 0 aromatic carbocycles. The van der Waals surface area contributed by atoms with Crippen molar-refractivity contribution >= 4 is 23.5 Å². The van der Waals surface area contributed by atoms with E-state index in [-0.39, 0.29) is 43.0 Å². The standard InChI is InChI=1S/C10H13N3O4/c14-8-4-3-7(12-13-8)10(16)17-5-9(15)11-6-1-2-6/h6H,1-5H2,(H,11,15)(H,13,14). The Bertz CT molecular complexity index is 387. The smallest absolute Gasteiger partial charge is 0.355 e. The van der Waals surface area contributed by atoms with Crippen LogP contribution in [0.25, 0.3) is 0 Å². The van der Waals surface area contributed by atoms with Crippen molar-refractivity contribution in [3.63, 3.8) is 0 Å². The summed E-state index contributed by atoms with van der Waals surface area (Å²) in [5.74, 6) is -1.19. The molecular formula is C10H13N3O4. The van der Waals surface area contributed by atoms with Gasteiger partial charge in [-0.3, -0.25) is 9.59 Å². The van der Waals surface area contributed by atoms with Gasteiger partial charge in [-0.2, -0.15) is 5.10 Å². The van der Waals surface area contributed by atoms with Crippen LogP contribution in [0.4, 0.5) is 0 Å². The Morgan fingerprint density at radius 3 is 2.76 bits per heavy atom. The third kappa shape index (κ3) is 3.54. The number of nitrogens with one attached hydrogen (secondary N) is 2. The molecule has 0 saturated heterocycles. The van der Waals surface area contributed by atoms with Crippen LogP contribution < -0.4 is 10.7 Å². The van der Waals surface area contributed by atoms with Gasteiger partial charge >= 0.3 is 5.97 Å². The summed E-state index contributed by atoms with van der Waals surface area (Å²) in [7, 11) is 0. The summed E-state index contributed by atoms with van der Waals surface area (Å²) in [5, 5.41) is 6.27. The molecule has 1 aliphatic carbocycles. The number of carbonyl (C=O) groups excluding carboxylic acids is 3. The number of ether oxygens (including phenoxy) is 1. The zero-order valence-corrected chi connectivity index (χ0v) is 9.19. The summed E-state index contributed by atoms with van der Waals surface area (Å²) in [6.45, 7) is -0.303. The Kier molecular flexibility index (Phi) is 3.36. The number of hydrogen-bond donors (Lipinski definition) is 2. The summed E-state index contributed by atoms with van der Waals surface area (Å²) < 4.78 is 4.77. The molecule has 2 N–H and O–H groups in total. The van der Waals surface area contributed by atoms with E-state index in [9.17, 15) is 14.4 Å². The Labute approximate surface area is 97.6 Å². The lowest BCUT2D eigenvalue weighted by Gasteiger charge is -2.11. The molecule has 17 heavy (non-hydrogen) atoms. The van der Waals surface area contributed by atoms with Gasteiger partial charge in [0.05, 0.1) is 0 Å². The van der Waals surface area contributed by atoms with Gasteiger partial charge in [-0.15, -0.1) is 0 Å². The summed E-state index contributed by atoms with van der Waals surface area (Å²) in [6.07, 6.45) is 2.42. The first-order chi connectivity index (χ1) is 8.15. The second kappa shape index (κ2) is 4.94. The van der Waals surface area contributed by atoms with Crippen molar-refractivity contribution in [3.8, 4) is 0 Å². The normalized spacial score (nSPS) is 19.1. The van der Waals surface area contributed by atoms with E-state index in [2.05, 4.69) is 15.8 Å². The molecule has 92 valence electrons. The molecule has 1 aliphatic heterocycles. The molecule has 1 heterocycles. The molecule has 2 amide bonds. The number of nitrogens with zero attached hydrogens (tertiary/aromatic N) is 1. The fourth-order valence-corrected chi connectivity index (χ4v) is 1.33. The summed E-state index contributed by atoms with van der Waals surface area (Å²) in [4.78, 5) is 33.5. The number of rotatable bonds is 4. The molecule has 0 atom stereocenters. The van der Waals surface area contributed by atoms with Crippen molar-refractivity contribution in [2.24, 2.45) is 5.10 Å². The lowest BCUT2D eigenvalue weighted by Crippen LogP contribution is -2.34. The highest BCUT2D eigenvalue weighted by molar-refractivity contribution is 6.37. The molecule has 0 aromatic heterocycles. The third-order valence-electron chi connectivity index (χ3n) is 2.42. The van der Waals surface area contributed by atoms with Gasteiger partial charge in [-0.25, -0.2) is 10.2 Å². The van der Waals surface area contributed by atoms with E-state index >= 15 is 0 Å². The van der Waals surface area contributed by atoms with Gasteiger partial charge in [-0.05, 0) is 12.8 Å². The van der Waals surface area contributed by atoms with E-state index < -0.39 is 5.97 Å². The van der Waals surface area contributed by atoms with Crippen molar-refractivity contribution in [1.82, 2.24) is 10.7 Å². The van der Waals surface area contributed by atoms with Crippen LogP contribution >= 0.6 is 0 Å². The average molecular weight is 239 g/mol. The molecular weight excluding hydrogens is 226 g/mol. The SMILES string of the molecule is O=C1CCC(C(=O)OCC(=O)NC2CC2)=NN1. The van der Waals surface area contributed by atoms with Crippen LogP contribution in [-0.4, -0.2) is 36.1 Å². The highest BCUT2D eigenvalue weighted by Gasteiger charge is 2.24. The summed E-state index contributed by atoms with van der Waals surface area (Å²) in [5.41, 5.74) is 2.33. The Balaban J connectivity index is 1.72. The molecule has 0 unspecified atom stereocenters. The van der Waals surface area contributed by atoms with E-state index in [0.29, 0.717) is 0 Å². The molecule has 0 spiro atoms. The number of esters is 1. The van der Waals surface area contributed by atoms with Crippen LogP contribution in [0.2, 0.25) is 0 Å². The van der Waals surface area contributed by atoms with Crippen molar-refractivity contribution in [2.75, 3.05) is 6.61 Å². The van der Waals surface area contributed by atoms with Gasteiger partial charge in [-0.1, -0.05) is 0 Å². The summed E-state index contributed by atoms with van der Waals surface area (Å²) in [6, 6.07) is 0.243. The van der Waals surface area contributed by atoms with Crippen LogP contribution in [0, 0.1) is 0 Å². The zero-order chi connectivity index (χ0) is 12.3. The fourth-order valence-electron chi connectivity index (χ4n) is 1.33. The molecule has 0 aromatic rings. The number of hydrogen-bond acceptors (Lipinski definition) is 5. The maximum atomic E-state index is 11.4. The topological polar surface area (TPSA) is 96.9 Å². The van der Waals surface area contributed by atoms with Crippen LogP contribution in [-0.2, 0) is 19.1 Å². The van der Waals surface area contributed by atoms with E-state index in [1.54, 1.807) is 0 Å². The minimum atomic E-state index is -0.657. The average Bonchev–Trinajstić information content (AvgIpc) is 3.11. The predicted molar refractivity (Wildman–Crippen MR) is 56.9 cm³/mol. The number of amides is 2. The van der Waals surface area contributed by atoms with E-state index in [1.165, 1.54) is 0 Å². The van der Waals surface area contributed by atoms with Gasteiger partial charge in [0.25, 0.3) is 5.91 Å². The summed E-state index contributed by atoms with van der Waals surface area (Å²) >= 11 is 0. The first-order valence-corrected chi connectivity index (χ1v) is 5.47. The fraction of sp³-hybridized carbons (Fsp3) is 0.600. The van der Waals surface area contributed by atoms with Gasteiger partial charge in [0, 0.05) is 18.9 Å². The molecule has 0 bridgehead atoms. The Morgan fingerprint density at radius 1 is 1.41 bits per heavy atom. The van der Waals surface area contributed by atoms with Gasteiger partial charge in [0.1, 0.15) is 5.71 Å². The van der Waals surface area contributed by atoms with Gasteiger partial charge < -0.3 is 10.1 Å². The first-order valence-electron chi connectivity index (χ1n) is 5.47. The zero-order valence-electron chi connectivity index (χ0n) is 9.19. The van der Waals surface area contributed by atoms with Crippen LogP contribution in [0.5, 0.6) is 0 Å². The molecule has 2 aliphatic rings. The molecule has 1 fully saturated rings. The monoisotopic (exact) mass is 239 g/mol. The minimum absolute atomic E-state index is 0.142. The number of hydrazone groups is 1. The minimum Gasteiger partial charge on any atom is -0.451 e. The Morgan fingerprint density at radius 2 is 2.18 bits per heavy atom. The van der Waals surface area contributed by atoms with Crippen LogP contribution in [0.15, 0.2) is 5.10 Å². The third-order valence-corrected chi connectivity index (χ3v) is 2.42. The molecule has 0 radical (unpaired) electrons. The van der Waals surface area contributed by atoms with Gasteiger partial charge in [0.15, 0.2) is 6.61 Å². The lowest BCUT2D eigenvalue weighted by molar-refractivity contribution is -0.142. The van der Waals surface area contributed by atoms with E-state index in [0.717, 1.165) is 12.8 Å². The largest absolute Gasteiger partial charge is 0.451 e. The highest BCUT2D eigenvalue weighted by Crippen LogP contribution is 2.18. The quantitative estimate of drug-likeness (QED) is 0.620. The van der Waals surface area contributed by atoms with Gasteiger partial charge in [0.2, 0.25) is 5.91 Å². The lowest BCUT2D eigenvalue weighted by atomic mass is 10.2. The van der Waals surface area contributed by atoms with Crippen LogP contribution in [0.1, 0.15) is 25.7 Å². The van der Waals surface area contributed by atoms with Crippen molar-refractivity contribution < 1.29 is 19.1 Å². The molecule has 1 saturated carbocycles. The second-order valence-corrected chi connectivity index (χ2v) is 4.01. The van der Waals surface area contributed by atoms with E-state index in [1.807, 2.05) is 0 Å². The molecule has 2 rings (SSSR count). The maximum Gasteiger partial charge on any atom is 0.355 e. The molecule has 7 heteroatoms. The second-order valence-electron chi connectivity index (χ2n) is 4.01. The first kappa shape index (κ1) is 11.6. The van der Waals surface area contributed by atoms with Crippen molar-refractivity contribution in [3.05, 3.63) is 0 Å². The Hall–Kier alpha value is -1.92. The van der Waals surface area contributed by atoms with E-state index in [4.69, 9.17) is 4.74 Å². The van der Waals surface area contributed by atoms with Crippen LogP contribution in [0.3, 0.4) is 0 Å².